The normalized spacial score (nSPS) is 10.6. The van der Waals surface area contributed by atoms with E-state index < -0.39 is 4.92 Å². The number of thioether (sulfide) groups is 1. The third-order valence-corrected chi connectivity index (χ3v) is 4.81. The summed E-state index contributed by atoms with van der Waals surface area (Å²) in [6.07, 6.45) is 0. The van der Waals surface area contributed by atoms with Gasteiger partial charge in [0.05, 0.1) is 21.4 Å². The molecule has 2 N–H and O–H groups in total. The van der Waals surface area contributed by atoms with E-state index in [1.54, 1.807) is 0 Å². The second-order valence-electron chi connectivity index (χ2n) is 5.54. The Morgan fingerprint density at radius 2 is 2.11 bits per heavy atom. The van der Waals surface area contributed by atoms with Gasteiger partial charge in [-0.25, -0.2) is 4.98 Å². The Balaban J connectivity index is 1.63. The molecule has 0 aliphatic carbocycles. The smallest absolute Gasteiger partial charge is 0.271 e. The van der Waals surface area contributed by atoms with Crippen molar-refractivity contribution in [2.45, 2.75) is 12.1 Å². The predicted octanol–water partition coefficient (Wildman–Crippen LogP) is 4.07. The van der Waals surface area contributed by atoms with E-state index in [0.717, 1.165) is 22.9 Å². The first kappa shape index (κ1) is 18.9. The number of aromatic amines is 1. The molecule has 0 unspecified atom stereocenters. The molecule has 1 aromatic heterocycles. The molecule has 0 aliphatic rings. The summed E-state index contributed by atoms with van der Waals surface area (Å²) in [6.45, 7) is 1.97. The number of rotatable bonds is 6. The van der Waals surface area contributed by atoms with Crippen LogP contribution in [0.25, 0.3) is 11.4 Å². The Kier molecular flexibility index (Phi) is 5.72. The molecule has 0 fully saturated rings. The van der Waals surface area contributed by atoms with Crippen LogP contribution in [0.5, 0.6) is 0 Å². The van der Waals surface area contributed by atoms with Gasteiger partial charge in [-0.15, -0.1) is 5.10 Å². The lowest BCUT2D eigenvalue weighted by atomic mass is 10.1. The van der Waals surface area contributed by atoms with Crippen molar-refractivity contribution in [1.29, 1.82) is 0 Å². The highest BCUT2D eigenvalue weighted by atomic mass is 35.5. The van der Waals surface area contributed by atoms with Gasteiger partial charge < -0.3 is 5.32 Å². The maximum atomic E-state index is 12.1. The number of anilines is 1. The van der Waals surface area contributed by atoms with E-state index in [0.29, 0.717) is 11.0 Å². The first-order valence-corrected chi connectivity index (χ1v) is 9.15. The number of H-pyrrole nitrogens is 1. The first-order valence-electron chi connectivity index (χ1n) is 7.79. The number of nitrogens with zero attached hydrogens (tertiary/aromatic N) is 3. The molecular weight excluding hydrogens is 390 g/mol. The molecule has 0 bridgehead atoms. The summed E-state index contributed by atoms with van der Waals surface area (Å²) < 4.78 is 0. The van der Waals surface area contributed by atoms with Crippen molar-refractivity contribution in [2.24, 2.45) is 0 Å². The number of carbonyl (C=O) groups excluding carboxylic acids is 1. The fourth-order valence-electron chi connectivity index (χ4n) is 2.31. The molecule has 1 amide bonds. The molecule has 0 aliphatic heterocycles. The van der Waals surface area contributed by atoms with E-state index in [9.17, 15) is 14.9 Å². The standard InChI is InChI=1S/C17H14ClN5O3S/c1-10-4-2-3-5-12(10)16-20-17(22-21-16)27-9-15(24)19-14-8-11(23(25)26)6-7-13(14)18/h2-8H,9H2,1H3,(H,19,24)(H,20,21,22). The second-order valence-corrected chi connectivity index (χ2v) is 6.89. The maximum Gasteiger partial charge on any atom is 0.271 e. The second kappa shape index (κ2) is 8.19. The van der Waals surface area contributed by atoms with Crippen LogP contribution < -0.4 is 5.32 Å². The molecular formula is C17H14ClN5O3S. The van der Waals surface area contributed by atoms with Crippen LogP contribution in [-0.4, -0.2) is 31.8 Å². The van der Waals surface area contributed by atoms with E-state index in [1.807, 2.05) is 31.2 Å². The van der Waals surface area contributed by atoms with Crippen LogP contribution >= 0.6 is 23.4 Å². The minimum atomic E-state index is -0.554. The van der Waals surface area contributed by atoms with Crippen LogP contribution in [0.2, 0.25) is 5.02 Å². The average molecular weight is 404 g/mol. The van der Waals surface area contributed by atoms with Crippen molar-refractivity contribution in [1.82, 2.24) is 15.2 Å². The molecule has 0 radical (unpaired) electrons. The summed E-state index contributed by atoms with van der Waals surface area (Å²) >= 11 is 7.12. The lowest BCUT2D eigenvalue weighted by Gasteiger charge is -2.06. The number of nitro groups is 1. The summed E-state index contributed by atoms with van der Waals surface area (Å²) in [5.41, 5.74) is 2.03. The molecule has 27 heavy (non-hydrogen) atoms. The summed E-state index contributed by atoms with van der Waals surface area (Å²) in [7, 11) is 0. The van der Waals surface area contributed by atoms with Gasteiger partial charge in [0.1, 0.15) is 0 Å². The Morgan fingerprint density at radius 3 is 2.85 bits per heavy atom. The molecule has 0 spiro atoms. The van der Waals surface area contributed by atoms with Gasteiger partial charge in [0.15, 0.2) is 5.82 Å². The highest BCUT2D eigenvalue weighted by Gasteiger charge is 2.14. The van der Waals surface area contributed by atoms with E-state index in [1.165, 1.54) is 18.2 Å². The molecule has 10 heteroatoms. The van der Waals surface area contributed by atoms with Gasteiger partial charge in [0, 0.05) is 17.7 Å². The van der Waals surface area contributed by atoms with Crippen molar-refractivity contribution in [3.8, 4) is 11.4 Å². The minimum absolute atomic E-state index is 0.0318. The number of non-ortho nitro benzene ring substituents is 1. The van der Waals surface area contributed by atoms with Gasteiger partial charge in [0.25, 0.3) is 5.69 Å². The highest BCUT2D eigenvalue weighted by molar-refractivity contribution is 7.99. The van der Waals surface area contributed by atoms with Crippen LogP contribution in [0.4, 0.5) is 11.4 Å². The summed E-state index contributed by atoms with van der Waals surface area (Å²) in [4.78, 5) is 26.8. The van der Waals surface area contributed by atoms with Gasteiger partial charge in [0.2, 0.25) is 11.1 Å². The number of benzene rings is 2. The van der Waals surface area contributed by atoms with Crippen molar-refractivity contribution < 1.29 is 9.72 Å². The Bertz CT molecular complexity index is 1010. The molecule has 3 aromatic rings. The number of hydrogen-bond donors (Lipinski definition) is 2. The molecule has 2 aromatic carbocycles. The molecule has 138 valence electrons. The molecule has 0 saturated carbocycles. The van der Waals surface area contributed by atoms with Crippen LogP contribution in [0.15, 0.2) is 47.6 Å². The molecule has 1 heterocycles. The zero-order valence-electron chi connectivity index (χ0n) is 14.1. The Hall–Kier alpha value is -2.91. The van der Waals surface area contributed by atoms with E-state index >= 15 is 0 Å². The molecule has 0 atom stereocenters. The third-order valence-electron chi connectivity index (χ3n) is 3.63. The zero-order chi connectivity index (χ0) is 19.4. The molecule has 0 saturated heterocycles. The van der Waals surface area contributed by atoms with Crippen LogP contribution in [-0.2, 0) is 4.79 Å². The lowest BCUT2D eigenvalue weighted by Crippen LogP contribution is -2.14. The number of carbonyl (C=O) groups is 1. The summed E-state index contributed by atoms with van der Waals surface area (Å²) in [6, 6.07) is 11.6. The van der Waals surface area contributed by atoms with Crippen molar-refractivity contribution in [3.05, 3.63) is 63.2 Å². The highest BCUT2D eigenvalue weighted by Crippen LogP contribution is 2.27. The minimum Gasteiger partial charge on any atom is -0.324 e. The first-order chi connectivity index (χ1) is 12.9. The summed E-state index contributed by atoms with van der Waals surface area (Å²) in [5, 5.41) is 21.0. The predicted molar refractivity (Wildman–Crippen MR) is 104 cm³/mol. The number of nitrogens with one attached hydrogen (secondary N) is 2. The Morgan fingerprint density at radius 1 is 1.33 bits per heavy atom. The van der Waals surface area contributed by atoms with Crippen LogP contribution in [0.3, 0.4) is 0 Å². The number of aryl methyl sites for hydroxylation is 1. The SMILES string of the molecule is Cc1ccccc1-c1nc(SCC(=O)Nc2cc([N+](=O)[O-])ccc2Cl)n[nH]1. The average Bonchev–Trinajstić information content (AvgIpc) is 3.11. The fourth-order valence-corrected chi connectivity index (χ4v) is 3.07. The Labute approximate surface area is 163 Å². The number of nitro benzene ring substituents is 1. The van der Waals surface area contributed by atoms with Gasteiger partial charge in [-0.3, -0.25) is 20.0 Å². The van der Waals surface area contributed by atoms with Gasteiger partial charge in [-0.2, -0.15) is 0 Å². The monoisotopic (exact) mass is 403 g/mol. The topological polar surface area (TPSA) is 114 Å². The van der Waals surface area contributed by atoms with Crippen molar-refractivity contribution >= 4 is 40.6 Å². The van der Waals surface area contributed by atoms with Gasteiger partial charge >= 0.3 is 0 Å². The van der Waals surface area contributed by atoms with Crippen LogP contribution in [0, 0.1) is 17.0 Å². The fraction of sp³-hybridized carbons (Fsp3) is 0.118. The number of aromatic nitrogens is 3. The largest absolute Gasteiger partial charge is 0.324 e. The summed E-state index contributed by atoms with van der Waals surface area (Å²) in [5.74, 6) is 0.284. The maximum absolute atomic E-state index is 12.1. The van der Waals surface area contributed by atoms with Crippen molar-refractivity contribution in [3.63, 3.8) is 0 Å². The molecule has 8 nitrogen and oxygen atoms in total. The number of amides is 1. The van der Waals surface area contributed by atoms with E-state index in [-0.39, 0.29) is 28.1 Å². The van der Waals surface area contributed by atoms with E-state index in [2.05, 4.69) is 20.5 Å². The van der Waals surface area contributed by atoms with Gasteiger partial charge in [-0.05, 0) is 18.6 Å². The van der Waals surface area contributed by atoms with Crippen molar-refractivity contribution in [2.75, 3.05) is 11.1 Å². The lowest BCUT2D eigenvalue weighted by molar-refractivity contribution is -0.384. The van der Waals surface area contributed by atoms with Gasteiger partial charge in [-0.1, -0.05) is 47.6 Å². The number of halogens is 1. The van der Waals surface area contributed by atoms with Crippen LogP contribution in [0.1, 0.15) is 5.56 Å². The third kappa shape index (κ3) is 4.63. The van der Waals surface area contributed by atoms with E-state index in [4.69, 9.17) is 11.6 Å². The number of hydrogen-bond acceptors (Lipinski definition) is 6. The quantitative estimate of drug-likeness (QED) is 0.364. The molecule has 3 rings (SSSR count). The zero-order valence-corrected chi connectivity index (χ0v) is 15.7.